The Bertz CT molecular complexity index is 283. The van der Waals surface area contributed by atoms with Crippen molar-refractivity contribution in [3.8, 4) is 0 Å². The van der Waals surface area contributed by atoms with Gasteiger partial charge in [-0.3, -0.25) is 4.79 Å². The highest BCUT2D eigenvalue weighted by Crippen LogP contribution is 2.07. The van der Waals surface area contributed by atoms with Crippen LogP contribution in [0.25, 0.3) is 0 Å². The first-order chi connectivity index (χ1) is 4.75. The molecule has 1 aromatic rings. The normalized spacial score (nSPS) is 9.80. The highest BCUT2D eigenvalue weighted by Gasteiger charge is 2.02. The Kier molecular flexibility index (Phi) is 2.29. The molecule has 0 aliphatic carbocycles. The Morgan fingerprint density at radius 1 is 1.70 bits per heavy atom. The molecule has 0 spiro atoms. The van der Waals surface area contributed by atoms with Crippen molar-refractivity contribution in [1.29, 1.82) is 0 Å². The van der Waals surface area contributed by atoms with Crippen molar-refractivity contribution in [3.63, 3.8) is 0 Å². The maximum Gasteiger partial charge on any atom is 0.269 e. The van der Waals surface area contributed by atoms with Crippen LogP contribution in [0.15, 0.2) is 11.1 Å². The average Bonchev–Trinajstić information content (AvgIpc) is 1.95. The number of nitrogens with one attached hydrogen (secondary N) is 1. The van der Waals surface area contributed by atoms with Gasteiger partial charge >= 0.3 is 0 Å². The molecule has 0 aliphatic heterocycles. The molecule has 0 aliphatic rings. The number of aromatic nitrogens is 2. The number of hydrogen-bond acceptors (Lipinski definition) is 2. The third kappa shape index (κ3) is 1.30. The fourth-order valence-electron chi connectivity index (χ4n) is 0.513. The van der Waals surface area contributed by atoms with E-state index in [1.54, 1.807) is 0 Å². The summed E-state index contributed by atoms with van der Waals surface area (Å²) in [6, 6.07) is 0. The van der Waals surface area contributed by atoms with Gasteiger partial charge in [0.1, 0.15) is 5.02 Å². The molecular formula is C5H4Cl2N2O. The molecule has 0 saturated carbocycles. The number of aromatic amines is 1. The maximum atomic E-state index is 10.7. The van der Waals surface area contributed by atoms with E-state index in [1.807, 2.05) is 0 Å². The van der Waals surface area contributed by atoms with Gasteiger partial charge in [0.05, 0.1) is 17.9 Å². The molecule has 0 atom stereocenters. The van der Waals surface area contributed by atoms with Crippen molar-refractivity contribution in [2.45, 2.75) is 5.88 Å². The van der Waals surface area contributed by atoms with Crippen LogP contribution < -0.4 is 5.56 Å². The molecule has 0 aromatic carbocycles. The molecule has 3 nitrogen and oxygen atoms in total. The molecule has 0 saturated heterocycles. The van der Waals surface area contributed by atoms with E-state index in [4.69, 9.17) is 23.2 Å². The summed E-state index contributed by atoms with van der Waals surface area (Å²) in [6.45, 7) is 0. The van der Waals surface area contributed by atoms with E-state index in [1.165, 1.54) is 6.33 Å². The van der Waals surface area contributed by atoms with Gasteiger partial charge in [-0.2, -0.15) is 0 Å². The second-order valence-electron chi connectivity index (χ2n) is 1.63. The van der Waals surface area contributed by atoms with E-state index < -0.39 is 0 Å². The van der Waals surface area contributed by atoms with Crippen molar-refractivity contribution in [2.24, 2.45) is 0 Å². The first-order valence-electron chi connectivity index (χ1n) is 2.53. The van der Waals surface area contributed by atoms with E-state index in [-0.39, 0.29) is 16.5 Å². The van der Waals surface area contributed by atoms with Crippen LogP contribution in [0.4, 0.5) is 0 Å². The molecule has 1 heterocycles. The monoisotopic (exact) mass is 178 g/mol. The molecule has 0 unspecified atom stereocenters. The minimum absolute atomic E-state index is 0.0671. The second-order valence-corrected chi connectivity index (χ2v) is 2.27. The lowest BCUT2D eigenvalue weighted by molar-refractivity contribution is 1.05. The molecular weight excluding hydrogens is 175 g/mol. The summed E-state index contributed by atoms with van der Waals surface area (Å²) in [5, 5.41) is 0.0671. The lowest BCUT2D eigenvalue weighted by atomic mass is 10.4. The topological polar surface area (TPSA) is 45.8 Å². The maximum absolute atomic E-state index is 10.7. The zero-order chi connectivity index (χ0) is 7.56. The van der Waals surface area contributed by atoms with Crippen LogP contribution in [0.5, 0.6) is 0 Å². The minimum Gasteiger partial charge on any atom is -0.312 e. The molecule has 54 valence electrons. The summed E-state index contributed by atoms with van der Waals surface area (Å²) >= 11 is 10.9. The number of nitrogens with zero attached hydrogens (tertiary/aromatic N) is 1. The van der Waals surface area contributed by atoms with Gasteiger partial charge in [0.15, 0.2) is 0 Å². The van der Waals surface area contributed by atoms with Gasteiger partial charge in [-0.25, -0.2) is 4.98 Å². The van der Waals surface area contributed by atoms with Crippen molar-refractivity contribution in [3.05, 3.63) is 27.4 Å². The Labute approximate surface area is 67.0 Å². The average molecular weight is 179 g/mol. The molecule has 0 amide bonds. The summed E-state index contributed by atoms with van der Waals surface area (Å²) in [7, 11) is 0. The van der Waals surface area contributed by atoms with Crippen LogP contribution in [-0.4, -0.2) is 9.97 Å². The Morgan fingerprint density at radius 2 is 2.40 bits per heavy atom. The highest BCUT2D eigenvalue weighted by molar-refractivity contribution is 6.31. The fraction of sp³-hybridized carbons (Fsp3) is 0.200. The Hall–Kier alpha value is -0.540. The Morgan fingerprint density at radius 3 is 2.90 bits per heavy atom. The van der Waals surface area contributed by atoms with Gasteiger partial charge in [0.25, 0.3) is 5.56 Å². The number of alkyl halides is 1. The summed E-state index contributed by atoms with van der Waals surface area (Å²) in [5.41, 5.74) is 0.0550. The minimum atomic E-state index is -0.354. The van der Waals surface area contributed by atoms with Gasteiger partial charge < -0.3 is 4.98 Å². The van der Waals surface area contributed by atoms with Gasteiger partial charge in [-0.05, 0) is 0 Å². The smallest absolute Gasteiger partial charge is 0.269 e. The SMILES string of the molecule is O=c1[nH]cnc(CCl)c1Cl. The van der Waals surface area contributed by atoms with Gasteiger partial charge in [0.2, 0.25) is 0 Å². The summed E-state index contributed by atoms with van der Waals surface area (Å²) in [6.07, 6.45) is 1.27. The lowest BCUT2D eigenvalue weighted by Crippen LogP contribution is -2.08. The zero-order valence-corrected chi connectivity index (χ0v) is 6.41. The summed E-state index contributed by atoms with van der Waals surface area (Å²) in [5.74, 6) is 0.156. The van der Waals surface area contributed by atoms with Gasteiger partial charge in [-0.1, -0.05) is 11.6 Å². The third-order valence-corrected chi connectivity index (χ3v) is 1.64. The van der Waals surface area contributed by atoms with Crippen molar-refractivity contribution in [2.75, 3.05) is 0 Å². The molecule has 5 heteroatoms. The van der Waals surface area contributed by atoms with Crippen LogP contribution in [0, 0.1) is 0 Å². The quantitative estimate of drug-likeness (QED) is 0.657. The second kappa shape index (κ2) is 3.03. The standard InChI is InChI=1S/C5H4Cl2N2O/c6-1-3-4(7)5(10)9-2-8-3/h2H,1H2,(H,8,9,10). The molecule has 10 heavy (non-hydrogen) atoms. The van der Waals surface area contributed by atoms with E-state index in [2.05, 4.69) is 9.97 Å². The number of H-pyrrole nitrogens is 1. The van der Waals surface area contributed by atoms with E-state index in [0.29, 0.717) is 5.69 Å². The fourth-order valence-corrected chi connectivity index (χ4v) is 0.954. The van der Waals surface area contributed by atoms with Crippen LogP contribution >= 0.6 is 23.2 Å². The van der Waals surface area contributed by atoms with E-state index in [0.717, 1.165) is 0 Å². The number of hydrogen-bond donors (Lipinski definition) is 1. The summed E-state index contributed by atoms with van der Waals surface area (Å²) < 4.78 is 0. The van der Waals surface area contributed by atoms with Crippen LogP contribution in [0.3, 0.4) is 0 Å². The molecule has 0 bridgehead atoms. The zero-order valence-electron chi connectivity index (χ0n) is 4.90. The molecule has 0 fully saturated rings. The predicted octanol–water partition coefficient (Wildman–Crippen LogP) is 1.16. The third-order valence-electron chi connectivity index (χ3n) is 0.995. The van der Waals surface area contributed by atoms with Gasteiger partial charge in [0, 0.05) is 0 Å². The van der Waals surface area contributed by atoms with Crippen molar-refractivity contribution in [1.82, 2.24) is 9.97 Å². The molecule has 1 aromatic heterocycles. The Balaban J connectivity index is 3.28. The predicted molar refractivity (Wildman–Crippen MR) is 39.4 cm³/mol. The van der Waals surface area contributed by atoms with Gasteiger partial charge in [-0.15, -0.1) is 11.6 Å². The number of halogens is 2. The van der Waals surface area contributed by atoms with Crippen molar-refractivity contribution < 1.29 is 0 Å². The van der Waals surface area contributed by atoms with E-state index in [9.17, 15) is 4.79 Å². The van der Waals surface area contributed by atoms with E-state index >= 15 is 0 Å². The molecule has 1 rings (SSSR count). The lowest BCUT2D eigenvalue weighted by Gasteiger charge is -1.93. The molecule has 1 N–H and O–H groups in total. The first-order valence-corrected chi connectivity index (χ1v) is 3.45. The summed E-state index contributed by atoms with van der Waals surface area (Å²) in [4.78, 5) is 16.8. The van der Waals surface area contributed by atoms with Crippen LogP contribution in [0.1, 0.15) is 5.69 Å². The largest absolute Gasteiger partial charge is 0.312 e. The highest BCUT2D eigenvalue weighted by atomic mass is 35.5. The molecule has 0 radical (unpaired) electrons. The van der Waals surface area contributed by atoms with Crippen LogP contribution in [-0.2, 0) is 5.88 Å². The van der Waals surface area contributed by atoms with Crippen molar-refractivity contribution >= 4 is 23.2 Å². The number of rotatable bonds is 1. The first kappa shape index (κ1) is 7.57. The van der Waals surface area contributed by atoms with Crippen LogP contribution in [0.2, 0.25) is 5.02 Å².